The zero-order chi connectivity index (χ0) is 17.6. The fourth-order valence-electron chi connectivity index (χ4n) is 1.82. The quantitative estimate of drug-likeness (QED) is 0.764. The second-order valence-electron chi connectivity index (χ2n) is 5.21. The zero-order valence-corrected chi connectivity index (χ0v) is 13.8. The average molecular weight is 353 g/mol. The Hall–Kier alpha value is -1.61. The van der Waals surface area contributed by atoms with Crippen molar-refractivity contribution in [3.05, 3.63) is 16.5 Å². The lowest BCUT2D eigenvalue weighted by atomic mass is 10.0. The fraction of sp³-hybridized carbons (Fsp3) is 0.571. The Kier molecular flexibility index (Phi) is 7.01. The van der Waals surface area contributed by atoms with Crippen LogP contribution in [0.3, 0.4) is 0 Å². The molecule has 1 amide bonds. The smallest absolute Gasteiger partial charge is 0.411 e. The van der Waals surface area contributed by atoms with Crippen molar-refractivity contribution in [2.24, 2.45) is 5.92 Å². The summed E-state index contributed by atoms with van der Waals surface area (Å²) in [6, 6.07) is 0. The van der Waals surface area contributed by atoms with Crippen molar-refractivity contribution >= 4 is 28.2 Å². The van der Waals surface area contributed by atoms with Crippen molar-refractivity contribution < 1.29 is 32.2 Å². The highest BCUT2D eigenvalue weighted by Crippen LogP contribution is 2.30. The van der Waals surface area contributed by atoms with E-state index in [-0.39, 0.29) is 16.5 Å². The average Bonchev–Trinajstić information content (AvgIpc) is 2.78. The van der Waals surface area contributed by atoms with Gasteiger partial charge in [-0.3, -0.25) is 4.79 Å². The normalized spacial score (nSPS) is 11.6. The van der Waals surface area contributed by atoms with Crippen LogP contribution in [0.25, 0.3) is 0 Å². The van der Waals surface area contributed by atoms with Crippen LogP contribution in [0.5, 0.6) is 0 Å². The molecular weight excluding hydrogens is 335 g/mol. The van der Waals surface area contributed by atoms with Crippen molar-refractivity contribution in [2.75, 3.05) is 25.6 Å². The van der Waals surface area contributed by atoms with Gasteiger partial charge in [0.2, 0.25) is 0 Å². The molecule has 0 bridgehead atoms. The lowest BCUT2D eigenvalue weighted by Crippen LogP contribution is -2.24. The van der Waals surface area contributed by atoms with E-state index in [1.165, 1.54) is 7.11 Å². The Morgan fingerprint density at radius 3 is 2.52 bits per heavy atom. The molecule has 1 heterocycles. The van der Waals surface area contributed by atoms with E-state index in [0.717, 1.165) is 16.9 Å². The number of carbonyl (C=O) groups is 2. The van der Waals surface area contributed by atoms with Gasteiger partial charge < -0.3 is 14.8 Å². The maximum Gasteiger partial charge on any atom is 0.411 e. The third-order valence-electron chi connectivity index (χ3n) is 2.64. The molecule has 0 atom stereocenters. The van der Waals surface area contributed by atoms with E-state index < -0.39 is 31.3 Å². The second-order valence-corrected chi connectivity index (χ2v) is 6.09. The Bertz CT molecular complexity index is 555. The molecule has 1 rings (SSSR count). The molecule has 0 unspecified atom stereocenters. The molecule has 0 saturated heterocycles. The Balaban J connectivity index is 2.77. The van der Waals surface area contributed by atoms with E-state index in [2.05, 4.69) is 10.1 Å². The first-order valence-electron chi connectivity index (χ1n) is 6.77. The SMILES string of the molecule is COC(=O)c1c(CC(C)C)csc1NC(=O)COCC(F)(F)F. The molecule has 0 fully saturated rings. The molecule has 5 nitrogen and oxygen atoms in total. The van der Waals surface area contributed by atoms with Crippen LogP contribution in [0.2, 0.25) is 0 Å². The topological polar surface area (TPSA) is 64.6 Å². The summed E-state index contributed by atoms with van der Waals surface area (Å²) in [5.41, 5.74) is 0.957. The molecule has 9 heteroatoms. The number of thiophene rings is 1. The number of nitrogens with one attached hydrogen (secondary N) is 1. The molecule has 0 aliphatic carbocycles. The van der Waals surface area contributed by atoms with Crippen LogP contribution in [0, 0.1) is 5.92 Å². The number of hydrogen-bond donors (Lipinski definition) is 1. The monoisotopic (exact) mass is 353 g/mol. The van der Waals surface area contributed by atoms with E-state index in [0.29, 0.717) is 6.42 Å². The van der Waals surface area contributed by atoms with Gasteiger partial charge in [0.15, 0.2) is 0 Å². The van der Waals surface area contributed by atoms with Crippen molar-refractivity contribution in [1.82, 2.24) is 0 Å². The van der Waals surface area contributed by atoms with Gasteiger partial charge in [-0.2, -0.15) is 13.2 Å². The molecule has 0 aromatic carbocycles. The standard InChI is InChI=1S/C14H18F3NO4S/c1-8(2)4-9-6-23-12(11(9)13(20)21-3)18-10(19)5-22-7-14(15,16)17/h6,8H,4-5,7H2,1-3H3,(H,18,19). The van der Waals surface area contributed by atoms with E-state index >= 15 is 0 Å². The molecule has 0 spiro atoms. The summed E-state index contributed by atoms with van der Waals surface area (Å²) in [6.07, 6.45) is -3.88. The van der Waals surface area contributed by atoms with Crippen LogP contribution in [0.1, 0.15) is 29.8 Å². The number of ether oxygens (including phenoxy) is 2. The number of alkyl halides is 3. The van der Waals surface area contributed by atoms with Crippen LogP contribution < -0.4 is 5.32 Å². The Morgan fingerprint density at radius 2 is 2.00 bits per heavy atom. The number of anilines is 1. The van der Waals surface area contributed by atoms with Crippen molar-refractivity contribution in [3.63, 3.8) is 0 Å². The first-order valence-corrected chi connectivity index (χ1v) is 7.65. The molecule has 0 aliphatic heterocycles. The summed E-state index contributed by atoms with van der Waals surface area (Å²) >= 11 is 1.12. The molecule has 1 aromatic rings. The van der Waals surface area contributed by atoms with Gasteiger partial charge in [0.25, 0.3) is 5.91 Å². The molecule has 0 saturated carbocycles. The van der Waals surface area contributed by atoms with Crippen LogP contribution >= 0.6 is 11.3 Å². The van der Waals surface area contributed by atoms with Crippen LogP contribution in [-0.2, 0) is 20.7 Å². The van der Waals surface area contributed by atoms with Gasteiger partial charge in [-0.25, -0.2) is 4.79 Å². The molecule has 23 heavy (non-hydrogen) atoms. The molecule has 1 N–H and O–H groups in total. The largest absolute Gasteiger partial charge is 0.465 e. The number of esters is 1. The number of hydrogen-bond acceptors (Lipinski definition) is 5. The zero-order valence-electron chi connectivity index (χ0n) is 13.0. The summed E-state index contributed by atoms with van der Waals surface area (Å²) in [6.45, 7) is 1.69. The summed E-state index contributed by atoms with van der Waals surface area (Å²) in [5.74, 6) is -1.09. The highest BCUT2D eigenvalue weighted by molar-refractivity contribution is 7.15. The molecule has 130 valence electrons. The van der Waals surface area contributed by atoms with Gasteiger partial charge in [-0.1, -0.05) is 13.8 Å². The highest BCUT2D eigenvalue weighted by atomic mass is 32.1. The first-order chi connectivity index (χ1) is 10.6. The van der Waals surface area contributed by atoms with Gasteiger partial charge in [0, 0.05) is 0 Å². The maximum atomic E-state index is 12.0. The lowest BCUT2D eigenvalue weighted by molar-refractivity contribution is -0.174. The minimum atomic E-state index is -4.50. The lowest BCUT2D eigenvalue weighted by Gasteiger charge is -2.10. The van der Waals surface area contributed by atoms with Crippen molar-refractivity contribution in [3.8, 4) is 0 Å². The number of carbonyl (C=O) groups excluding carboxylic acids is 2. The highest BCUT2D eigenvalue weighted by Gasteiger charge is 2.28. The predicted molar refractivity (Wildman–Crippen MR) is 79.7 cm³/mol. The van der Waals surface area contributed by atoms with Gasteiger partial charge in [-0.05, 0) is 23.3 Å². The van der Waals surface area contributed by atoms with Gasteiger partial charge in [0.1, 0.15) is 18.2 Å². The van der Waals surface area contributed by atoms with Crippen LogP contribution in [0.15, 0.2) is 5.38 Å². The Labute approximate surface area is 135 Å². The fourth-order valence-corrected chi connectivity index (χ4v) is 2.80. The Morgan fingerprint density at radius 1 is 1.35 bits per heavy atom. The van der Waals surface area contributed by atoms with E-state index in [1.54, 1.807) is 5.38 Å². The molecular formula is C14H18F3NO4S. The first kappa shape index (κ1) is 19.4. The van der Waals surface area contributed by atoms with E-state index in [9.17, 15) is 22.8 Å². The minimum Gasteiger partial charge on any atom is -0.465 e. The third kappa shape index (κ3) is 6.57. The number of amides is 1. The molecule has 0 radical (unpaired) electrons. The van der Waals surface area contributed by atoms with Crippen molar-refractivity contribution in [2.45, 2.75) is 26.4 Å². The summed E-state index contributed by atoms with van der Waals surface area (Å²) in [4.78, 5) is 23.5. The van der Waals surface area contributed by atoms with Gasteiger partial charge in [0.05, 0.1) is 12.7 Å². The predicted octanol–water partition coefficient (Wildman–Crippen LogP) is 3.25. The number of halogens is 3. The van der Waals surface area contributed by atoms with Gasteiger partial charge >= 0.3 is 12.1 Å². The molecule has 1 aromatic heterocycles. The summed E-state index contributed by atoms with van der Waals surface area (Å²) in [7, 11) is 1.22. The van der Waals surface area contributed by atoms with E-state index in [1.807, 2.05) is 13.8 Å². The summed E-state index contributed by atoms with van der Waals surface area (Å²) in [5, 5.41) is 4.36. The number of rotatable bonds is 7. The minimum absolute atomic E-state index is 0.232. The van der Waals surface area contributed by atoms with Crippen LogP contribution in [-0.4, -0.2) is 38.4 Å². The third-order valence-corrected chi connectivity index (χ3v) is 3.58. The van der Waals surface area contributed by atoms with Crippen molar-refractivity contribution in [1.29, 1.82) is 0 Å². The van der Waals surface area contributed by atoms with E-state index in [4.69, 9.17) is 4.74 Å². The second kappa shape index (κ2) is 8.30. The molecule has 0 aliphatic rings. The van der Waals surface area contributed by atoms with Gasteiger partial charge in [-0.15, -0.1) is 11.3 Å². The summed E-state index contributed by atoms with van der Waals surface area (Å²) < 4.78 is 44.9. The maximum absolute atomic E-state index is 12.0. The van der Waals surface area contributed by atoms with Crippen LogP contribution in [0.4, 0.5) is 18.2 Å². The number of methoxy groups -OCH3 is 1.